The Bertz CT molecular complexity index is 1460. The molecule has 37 heavy (non-hydrogen) atoms. The highest BCUT2D eigenvalue weighted by Crippen LogP contribution is 2.41. The van der Waals surface area contributed by atoms with Gasteiger partial charge in [0.2, 0.25) is 5.75 Å². The van der Waals surface area contributed by atoms with Crippen molar-refractivity contribution < 1.29 is 32.4 Å². The monoisotopic (exact) mass is 612 g/mol. The lowest BCUT2D eigenvalue weighted by atomic mass is 10.1. The van der Waals surface area contributed by atoms with Crippen LogP contribution in [0.3, 0.4) is 0 Å². The van der Waals surface area contributed by atoms with Gasteiger partial charge in [-0.25, -0.2) is 0 Å². The Morgan fingerprint density at radius 2 is 1.78 bits per heavy atom. The molecule has 0 saturated carbocycles. The van der Waals surface area contributed by atoms with E-state index in [4.69, 9.17) is 16.3 Å². The number of hydrogen-bond donors (Lipinski definition) is 0. The molecule has 0 bridgehead atoms. The molecule has 0 unspecified atom stereocenters. The molecular weight excluding hydrogens is 601 g/mol. The zero-order valence-corrected chi connectivity index (χ0v) is 21.5. The van der Waals surface area contributed by atoms with E-state index < -0.39 is 39.2 Å². The number of hydrogen-bond acceptors (Lipinski definition) is 6. The first kappa shape index (κ1) is 26.7. The van der Waals surface area contributed by atoms with Gasteiger partial charge in [-0.15, -0.1) is 0 Å². The Balaban J connectivity index is 1.67. The van der Waals surface area contributed by atoms with Gasteiger partial charge in [-0.2, -0.15) is 13.2 Å². The maximum atomic E-state index is 13.0. The third-order valence-electron chi connectivity index (χ3n) is 5.12. The standard InChI is InChI=1S/C24H13BrClF3N2O5S/c25-16-6-8-19(36-20-7-5-15(24(27,28)29)11-18(20)31(34)35)14(9-16)10-21-22(32)30(23(33)37-21)12-13-3-1-2-4-17(13)26/h1-11H,12H2/b21-10-. The molecule has 2 amide bonds. The highest BCUT2D eigenvalue weighted by Gasteiger charge is 2.36. The molecule has 4 rings (SSSR count). The number of nitrogens with zero attached hydrogens (tertiary/aromatic N) is 2. The van der Waals surface area contributed by atoms with E-state index in [0.717, 1.165) is 11.0 Å². The zero-order chi connectivity index (χ0) is 26.9. The predicted molar refractivity (Wildman–Crippen MR) is 135 cm³/mol. The lowest BCUT2D eigenvalue weighted by Gasteiger charge is -2.13. The molecule has 13 heteroatoms. The number of carbonyl (C=O) groups excluding carboxylic acids is 2. The summed E-state index contributed by atoms with van der Waals surface area (Å²) in [6.07, 6.45) is -3.41. The first-order valence-electron chi connectivity index (χ1n) is 10.3. The fourth-order valence-electron chi connectivity index (χ4n) is 3.34. The van der Waals surface area contributed by atoms with E-state index in [1.54, 1.807) is 30.3 Å². The van der Waals surface area contributed by atoms with Gasteiger partial charge in [0, 0.05) is 21.1 Å². The number of alkyl halides is 3. The predicted octanol–water partition coefficient (Wildman–Crippen LogP) is 8.06. The first-order chi connectivity index (χ1) is 17.4. The smallest absolute Gasteiger partial charge is 0.416 e. The second-order valence-corrected chi connectivity index (χ2v) is 9.90. The zero-order valence-electron chi connectivity index (χ0n) is 18.3. The molecule has 0 spiro atoms. The lowest BCUT2D eigenvalue weighted by molar-refractivity contribution is -0.385. The van der Waals surface area contributed by atoms with Crippen LogP contribution in [0.4, 0.5) is 23.7 Å². The molecule has 7 nitrogen and oxygen atoms in total. The Kier molecular flexibility index (Phi) is 7.62. The van der Waals surface area contributed by atoms with Gasteiger partial charge in [-0.05, 0) is 59.8 Å². The van der Waals surface area contributed by atoms with E-state index >= 15 is 0 Å². The van der Waals surface area contributed by atoms with E-state index in [0.29, 0.717) is 39.0 Å². The van der Waals surface area contributed by atoms with Crippen LogP contribution in [0.5, 0.6) is 11.5 Å². The number of carbonyl (C=O) groups is 2. The van der Waals surface area contributed by atoms with Crippen molar-refractivity contribution >= 4 is 62.2 Å². The van der Waals surface area contributed by atoms with Crippen LogP contribution in [0.2, 0.25) is 5.02 Å². The number of amides is 2. The van der Waals surface area contributed by atoms with Crippen molar-refractivity contribution in [2.45, 2.75) is 12.7 Å². The Labute approximate surface area is 225 Å². The summed E-state index contributed by atoms with van der Waals surface area (Å²) in [7, 11) is 0. The second-order valence-electron chi connectivity index (χ2n) is 7.58. The maximum Gasteiger partial charge on any atom is 0.416 e. The number of benzene rings is 3. The molecule has 1 saturated heterocycles. The van der Waals surface area contributed by atoms with Crippen molar-refractivity contribution in [1.29, 1.82) is 0 Å². The molecule has 1 fully saturated rings. The molecule has 3 aromatic rings. The topological polar surface area (TPSA) is 89.7 Å². The fourth-order valence-corrected chi connectivity index (χ4v) is 4.74. The van der Waals surface area contributed by atoms with E-state index in [1.165, 1.54) is 18.2 Å². The summed E-state index contributed by atoms with van der Waals surface area (Å²) in [6, 6.07) is 13.2. The van der Waals surface area contributed by atoms with Crippen molar-refractivity contribution in [2.24, 2.45) is 0 Å². The fraction of sp³-hybridized carbons (Fsp3) is 0.0833. The lowest BCUT2D eigenvalue weighted by Crippen LogP contribution is -2.27. The largest absolute Gasteiger partial charge is 0.449 e. The molecule has 0 radical (unpaired) electrons. The van der Waals surface area contributed by atoms with Gasteiger partial charge in [0.15, 0.2) is 0 Å². The number of imide groups is 1. The summed E-state index contributed by atoms with van der Waals surface area (Å²) >= 11 is 10.1. The molecule has 1 aliphatic rings. The van der Waals surface area contributed by atoms with Crippen molar-refractivity contribution in [2.75, 3.05) is 0 Å². The SMILES string of the molecule is O=C1S/C(=C\c2cc(Br)ccc2Oc2ccc(C(F)(F)F)cc2[N+](=O)[O-])C(=O)N1Cc1ccccc1Cl. The Hall–Kier alpha value is -3.35. The highest BCUT2D eigenvalue weighted by molar-refractivity contribution is 9.10. The van der Waals surface area contributed by atoms with Crippen LogP contribution in [0, 0.1) is 10.1 Å². The minimum absolute atomic E-state index is 0.0176. The number of rotatable bonds is 6. The molecule has 1 heterocycles. The van der Waals surface area contributed by atoms with Crippen molar-refractivity contribution in [1.82, 2.24) is 4.90 Å². The van der Waals surface area contributed by atoms with Crippen molar-refractivity contribution in [3.05, 3.63) is 102 Å². The van der Waals surface area contributed by atoms with Gasteiger partial charge in [0.25, 0.3) is 11.1 Å². The van der Waals surface area contributed by atoms with Crippen LogP contribution in [0.1, 0.15) is 16.7 Å². The number of halogens is 5. The average molecular weight is 614 g/mol. The summed E-state index contributed by atoms with van der Waals surface area (Å²) in [5.41, 5.74) is -1.25. The van der Waals surface area contributed by atoms with Crippen LogP contribution in [0.15, 0.2) is 70.0 Å². The van der Waals surface area contributed by atoms with E-state index in [1.807, 2.05) is 0 Å². The molecular formula is C24H13BrClF3N2O5S. The highest BCUT2D eigenvalue weighted by atomic mass is 79.9. The van der Waals surface area contributed by atoms with E-state index in [2.05, 4.69) is 15.9 Å². The molecule has 0 aliphatic carbocycles. The van der Waals surface area contributed by atoms with E-state index in [-0.39, 0.29) is 22.8 Å². The van der Waals surface area contributed by atoms with Crippen LogP contribution < -0.4 is 4.74 Å². The molecule has 3 aromatic carbocycles. The van der Waals surface area contributed by atoms with Crippen molar-refractivity contribution in [3.63, 3.8) is 0 Å². The van der Waals surface area contributed by atoms with Gasteiger partial charge in [-0.3, -0.25) is 24.6 Å². The summed E-state index contributed by atoms with van der Waals surface area (Å²) in [6.45, 7) is -0.0404. The summed E-state index contributed by atoms with van der Waals surface area (Å²) in [4.78, 5) is 37.1. The first-order valence-corrected chi connectivity index (χ1v) is 12.2. The quantitative estimate of drug-likeness (QED) is 0.159. The Morgan fingerprint density at radius 3 is 2.46 bits per heavy atom. The van der Waals surface area contributed by atoms with Gasteiger partial charge in [-0.1, -0.05) is 45.7 Å². The second kappa shape index (κ2) is 10.6. The number of nitro benzene ring substituents is 1. The average Bonchev–Trinajstić information content (AvgIpc) is 3.08. The molecule has 0 atom stereocenters. The van der Waals surface area contributed by atoms with Gasteiger partial charge in [0.05, 0.1) is 21.9 Å². The minimum Gasteiger partial charge on any atom is -0.449 e. The van der Waals surface area contributed by atoms with Crippen molar-refractivity contribution in [3.8, 4) is 11.5 Å². The summed E-state index contributed by atoms with van der Waals surface area (Å²) in [5.74, 6) is -0.993. The number of nitro groups is 1. The van der Waals surface area contributed by atoms with Crippen LogP contribution in [-0.2, 0) is 17.5 Å². The normalized spacial score (nSPS) is 14.9. The third kappa shape index (κ3) is 5.97. The molecule has 1 aliphatic heterocycles. The number of ether oxygens (including phenoxy) is 1. The Morgan fingerprint density at radius 1 is 1.08 bits per heavy atom. The van der Waals surface area contributed by atoms with E-state index in [9.17, 15) is 32.9 Å². The molecule has 0 aromatic heterocycles. The number of thioether (sulfide) groups is 1. The van der Waals surface area contributed by atoms with Gasteiger partial charge < -0.3 is 4.74 Å². The summed E-state index contributed by atoms with van der Waals surface area (Å²) in [5, 5.41) is 11.3. The summed E-state index contributed by atoms with van der Waals surface area (Å²) < 4.78 is 45.3. The van der Waals surface area contributed by atoms with Crippen LogP contribution in [-0.4, -0.2) is 21.0 Å². The molecule has 0 N–H and O–H groups in total. The molecule has 190 valence electrons. The minimum atomic E-state index is -4.78. The van der Waals surface area contributed by atoms with Crippen LogP contribution >= 0.6 is 39.3 Å². The third-order valence-corrected chi connectivity index (χ3v) is 6.89. The van der Waals surface area contributed by atoms with Gasteiger partial charge >= 0.3 is 11.9 Å². The van der Waals surface area contributed by atoms with Crippen LogP contribution in [0.25, 0.3) is 6.08 Å². The van der Waals surface area contributed by atoms with Gasteiger partial charge in [0.1, 0.15) is 5.75 Å². The maximum absolute atomic E-state index is 13.0.